The zero-order valence-electron chi connectivity index (χ0n) is 15.8. The summed E-state index contributed by atoms with van der Waals surface area (Å²) in [5, 5.41) is 0. The van der Waals surface area contributed by atoms with Crippen LogP contribution in [-0.4, -0.2) is 78.9 Å². The van der Waals surface area contributed by atoms with Crippen molar-refractivity contribution in [1.29, 1.82) is 0 Å². The smallest absolute Gasteiger partial charge is 0.225 e. The summed E-state index contributed by atoms with van der Waals surface area (Å²) >= 11 is 0. The predicted molar refractivity (Wildman–Crippen MR) is 101 cm³/mol. The summed E-state index contributed by atoms with van der Waals surface area (Å²) in [4.78, 5) is 21.5. The monoisotopic (exact) mass is 382 g/mol. The van der Waals surface area contributed by atoms with Crippen molar-refractivity contribution in [3.05, 3.63) is 18.2 Å². The highest BCUT2D eigenvalue weighted by molar-refractivity contribution is 7.91. The van der Waals surface area contributed by atoms with Gasteiger partial charge in [-0.1, -0.05) is 0 Å². The maximum absolute atomic E-state index is 12.9. The van der Waals surface area contributed by atoms with Crippen LogP contribution in [-0.2, 0) is 21.2 Å². The second-order valence-corrected chi connectivity index (χ2v) is 10.1. The van der Waals surface area contributed by atoms with Gasteiger partial charge in [-0.05, 0) is 39.8 Å². The molecule has 1 aromatic heterocycles. The molecule has 0 aromatic carbocycles. The Morgan fingerprint density at radius 2 is 2.00 bits per heavy atom. The highest BCUT2D eigenvalue weighted by atomic mass is 32.2. The number of carbonyl (C=O) groups is 1. The van der Waals surface area contributed by atoms with Gasteiger partial charge in [0, 0.05) is 50.4 Å². The summed E-state index contributed by atoms with van der Waals surface area (Å²) in [6.07, 6.45) is 6.83. The summed E-state index contributed by atoms with van der Waals surface area (Å²) < 4.78 is 25.4. The fourth-order valence-electron chi connectivity index (χ4n) is 3.96. The van der Waals surface area contributed by atoms with Crippen LogP contribution in [0, 0.1) is 5.92 Å². The Hall–Kier alpha value is -1.41. The highest BCUT2D eigenvalue weighted by Crippen LogP contribution is 2.29. The first-order chi connectivity index (χ1) is 12.4. The van der Waals surface area contributed by atoms with Crippen LogP contribution >= 0.6 is 0 Å². The van der Waals surface area contributed by atoms with Crippen molar-refractivity contribution >= 4 is 15.7 Å². The van der Waals surface area contributed by atoms with Crippen molar-refractivity contribution in [2.24, 2.45) is 5.92 Å². The molecule has 2 fully saturated rings. The second kappa shape index (κ2) is 8.08. The maximum atomic E-state index is 12.9. The highest BCUT2D eigenvalue weighted by Gasteiger charge is 2.34. The second-order valence-electron chi connectivity index (χ2n) is 7.83. The van der Waals surface area contributed by atoms with Crippen LogP contribution in [0.15, 0.2) is 12.4 Å². The van der Waals surface area contributed by atoms with Crippen molar-refractivity contribution in [1.82, 2.24) is 19.4 Å². The summed E-state index contributed by atoms with van der Waals surface area (Å²) in [6, 6.07) is 0. The summed E-state index contributed by atoms with van der Waals surface area (Å²) in [5.41, 5.74) is 0. The van der Waals surface area contributed by atoms with Gasteiger partial charge in [0.15, 0.2) is 0 Å². The molecule has 0 radical (unpaired) electrons. The lowest BCUT2D eigenvalue weighted by atomic mass is 9.94. The van der Waals surface area contributed by atoms with Crippen molar-refractivity contribution in [2.45, 2.75) is 38.1 Å². The molecule has 2 saturated heterocycles. The summed E-state index contributed by atoms with van der Waals surface area (Å²) in [7, 11) is 1.18. The molecule has 8 heteroatoms. The van der Waals surface area contributed by atoms with Crippen LogP contribution in [0.5, 0.6) is 0 Å². The van der Waals surface area contributed by atoms with Gasteiger partial charge in [0.05, 0.1) is 11.5 Å². The number of sulfone groups is 1. The van der Waals surface area contributed by atoms with Crippen LogP contribution in [0.2, 0.25) is 0 Å². The molecule has 2 aliphatic rings. The fraction of sp³-hybridized carbons (Fsp3) is 0.778. The van der Waals surface area contributed by atoms with Crippen molar-refractivity contribution in [3.63, 3.8) is 0 Å². The van der Waals surface area contributed by atoms with E-state index in [2.05, 4.69) is 28.5 Å². The largest absolute Gasteiger partial charge is 0.342 e. The number of imidazole rings is 1. The average Bonchev–Trinajstić information content (AvgIpc) is 3.08. The molecule has 1 atom stereocenters. The molecule has 0 spiro atoms. The molecular weight excluding hydrogens is 352 g/mol. The lowest BCUT2D eigenvalue weighted by Crippen LogP contribution is -2.44. The molecule has 0 aliphatic carbocycles. The summed E-state index contributed by atoms with van der Waals surface area (Å²) in [6.45, 7) is 3.32. The zero-order valence-corrected chi connectivity index (χ0v) is 16.6. The summed E-state index contributed by atoms with van der Waals surface area (Å²) in [5.74, 6) is 1.63. The van der Waals surface area contributed by atoms with Crippen LogP contribution in [0.25, 0.3) is 0 Å². The molecule has 0 unspecified atom stereocenters. The first kappa shape index (κ1) is 19.4. The van der Waals surface area contributed by atoms with E-state index >= 15 is 0 Å². The molecule has 1 aromatic rings. The van der Waals surface area contributed by atoms with Gasteiger partial charge in [-0.3, -0.25) is 4.79 Å². The molecule has 7 nitrogen and oxygen atoms in total. The number of carbonyl (C=O) groups excluding carboxylic acids is 1. The minimum atomic E-state index is -2.93. The van der Waals surface area contributed by atoms with E-state index in [0.717, 1.165) is 38.3 Å². The Morgan fingerprint density at radius 3 is 2.69 bits per heavy atom. The van der Waals surface area contributed by atoms with E-state index in [9.17, 15) is 13.2 Å². The van der Waals surface area contributed by atoms with E-state index in [4.69, 9.17) is 0 Å². The number of rotatable bonds is 5. The van der Waals surface area contributed by atoms with Gasteiger partial charge in [0.25, 0.3) is 0 Å². The van der Waals surface area contributed by atoms with Gasteiger partial charge in [-0.15, -0.1) is 0 Å². The van der Waals surface area contributed by atoms with Crippen molar-refractivity contribution < 1.29 is 13.2 Å². The minimum absolute atomic E-state index is 0.134. The fourth-order valence-corrected chi connectivity index (χ4v) is 5.45. The molecule has 3 heterocycles. The number of nitrogens with zero attached hydrogens (tertiary/aromatic N) is 4. The van der Waals surface area contributed by atoms with Gasteiger partial charge in [0.2, 0.25) is 5.91 Å². The minimum Gasteiger partial charge on any atom is -0.342 e. The lowest BCUT2D eigenvalue weighted by Gasteiger charge is -2.35. The molecule has 0 N–H and O–H groups in total. The Morgan fingerprint density at radius 1 is 1.27 bits per heavy atom. The third kappa shape index (κ3) is 4.65. The van der Waals surface area contributed by atoms with Gasteiger partial charge in [-0.25, -0.2) is 13.4 Å². The van der Waals surface area contributed by atoms with Gasteiger partial charge >= 0.3 is 0 Å². The number of likely N-dealkylation sites (N-methyl/N-ethyl adjacent to an activating group) is 1. The Balaban J connectivity index is 1.63. The molecular formula is C18H30N4O3S. The Kier molecular flexibility index (Phi) is 6.02. The van der Waals surface area contributed by atoms with Crippen molar-refractivity contribution in [2.75, 3.05) is 45.2 Å². The Labute approximate surface area is 156 Å². The van der Waals surface area contributed by atoms with Crippen molar-refractivity contribution in [3.8, 4) is 0 Å². The number of aromatic nitrogens is 2. The maximum Gasteiger partial charge on any atom is 0.225 e. The van der Waals surface area contributed by atoms with Gasteiger partial charge in [0.1, 0.15) is 15.7 Å². The SMILES string of the molecule is CN(C)CCn1ccnc1[C@H]1CCCN(C(=O)C2CCS(=O)(=O)CC2)C1. The predicted octanol–water partition coefficient (Wildman–Crippen LogP) is 0.976. The normalized spacial score (nSPS) is 24.1. The third-order valence-electron chi connectivity index (χ3n) is 5.54. The van der Waals surface area contributed by atoms with Crippen LogP contribution in [0.4, 0.5) is 0 Å². The first-order valence-corrected chi connectivity index (χ1v) is 11.3. The number of hydrogen-bond donors (Lipinski definition) is 0. The number of amides is 1. The molecule has 1 amide bonds. The van der Waals surface area contributed by atoms with E-state index in [1.54, 1.807) is 0 Å². The number of hydrogen-bond acceptors (Lipinski definition) is 5. The van der Waals surface area contributed by atoms with Crippen LogP contribution < -0.4 is 0 Å². The number of piperidine rings is 1. The quantitative estimate of drug-likeness (QED) is 0.759. The van der Waals surface area contributed by atoms with Gasteiger partial charge in [-0.2, -0.15) is 0 Å². The van der Waals surface area contributed by atoms with Gasteiger partial charge < -0.3 is 14.4 Å². The van der Waals surface area contributed by atoms with E-state index in [0.29, 0.717) is 19.4 Å². The molecule has 2 aliphatic heterocycles. The average molecular weight is 383 g/mol. The van der Waals surface area contributed by atoms with E-state index in [-0.39, 0.29) is 29.2 Å². The number of likely N-dealkylation sites (tertiary alicyclic amines) is 1. The van der Waals surface area contributed by atoms with E-state index < -0.39 is 9.84 Å². The molecule has 146 valence electrons. The topological polar surface area (TPSA) is 75.5 Å². The molecule has 0 saturated carbocycles. The first-order valence-electron chi connectivity index (χ1n) is 9.51. The van der Waals surface area contributed by atoms with Crippen LogP contribution in [0.1, 0.15) is 37.4 Å². The molecule has 26 heavy (non-hydrogen) atoms. The van der Waals surface area contributed by atoms with Crippen LogP contribution in [0.3, 0.4) is 0 Å². The molecule has 0 bridgehead atoms. The standard InChI is InChI=1S/C18H30N4O3S/c1-20(2)10-11-21-9-7-19-17(21)16-4-3-8-22(14-16)18(23)15-5-12-26(24,25)13-6-15/h7,9,15-16H,3-6,8,10-14H2,1-2H3/t16-/m0/s1. The molecule has 3 rings (SSSR count). The third-order valence-corrected chi connectivity index (χ3v) is 7.25. The van der Waals surface area contributed by atoms with E-state index in [1.165, 1.54) is 0 Å². The Bertz CT molecular complexity index is 715. The zero-order chi connectivity index (χ0) is 18.7. The van der Waals surface area contributed by atoms with E-state index in [1.807, 2.05) is 17.3 Å². The lowest BCUT2D eigenvalue weighted by molar-refractivity contribution is -0.137.